The lowest BCUT2D eigenvalue weighted by Crippen LogP contribution is -2.17. The van der Waals surface area contributed by atoms with Gasteiger partial charge in [-0.15, -0.1) is 0 Å². The number of benzene rings is 2. The summed E-state index contributed by atoms with van der Waals surface area (Å²) in [5, 5.41) is 21.0. The fourth-order valence-electron chi connectivity index (χ4n) is 2.52. The first-order valence-corrected chi connectivity index (χ1v) is 7.76. The van der Waals surface area contributed by atoms with Gasteiger partial charge < -0.3 is 15.2 Å². The number of rotatable bonds is 4. The monoisotopic (exact) mass is 346 g/mol. The van der Waals surface area contributed by atoms with Crippen LogP contribution in [0.4, 0.5) is 5.69 Å². The highest BCUT2D eigenvalue weighted by Gasteiger charge is 2.16. The Balaban J connectivity index is 1.85. The number of fused-ring (bicyclic) bond motifs is 1. The van der Waals surface area contributed by atoms with Gasteiger partial charge in [0.25, 0.3) is 5.91 Å². The van der Waals surface area contributed by atoms with Gasteiger partial charge in [0.2, 0.25) is 0 Å². The lowest BCUT2D eigenvalue weighted by Gasteiger charge is -2.16. The summed E-state index contributed by atoms with van der Waals surface area (Å²) >= 11 is 0. The smallest absolute Gasteiger partial charge is 0.337 e. The van der Waals surface area contributed by atoms with Crippen molar-refractivity contribution >= 4 is 23.6 Å². The van der Waals surface area contributed by atoms with E-state index in [1.165, 1.54) is 18.2 Å². The second kappa shape index (κ2) is 7.36. The number of nitrogens with one attached hydrogen (secondary N) is 1. The SMILES string of the molecule is N#C/C(=C/C1=Cc2ccccc2OC1)C(=O)Nc1ccccc1C(=O)O. The largest absolute Gasteiger partial charge is 0.488 e. The highest BCUT2D eigenvalue weighted by Crippen LogP contribution is 2.26. The minimum atomic E-state index is -1.16. The molecule has 0 aliphatic carbocycles. The molecule has 0 spiro atoms. The van der Waals surface area contributed by atoms with Gasteiger partial charge in [0, 0.05) is 5.56 Å². The molecule has 6 nitrogen and oxygen atoms in total. The van der Waals surface area contributed by atoms with E-state index in [9.17, 15) is 20.0 Å². The second-order valence-electron chi connectivity index (χ2n) is 5.52. The molecule has 2 aromatic rings. The Kier molecular flexibility index (Phi) is 4.81. The van der Waals surface area contributed by atoms with Crippen LogP contribution >= 0.6 is 0 Å². The maximum Gasteiger partial charge on any atom is 0.337 e. The molecule has 1 amide bonds. The van der Waals surface area contributed by atoms with Crippen LogP contribution in [-0.2, 0) is 4.79 Å². The minimum absolute atomic E-state index is 0.0488. The average molecular weight is 346 g/mol. The predicted octanol–water partition coefficient (Wildman–Crippen LogP) is 3.25. The molecule has 0 fully saturated rings. The zero-order valence-corrected chi connectivity index (χ0v) is 13.6. The number of hydrogen-bond acceptors (Lipinski definition) is 4. The van der Waals surface area contributed by atoms with Crippen molar-refractivity contribution in [2.45, 2.75) is 0 Å². The third kappa shape index (κ3) is 3.62. The number of carbonyl (C=O) groups is 2. The van der Waals surface area contributed by atoms with Crippen molar-refractivity contribution in [3.05, 3.63) is 76.9 Å². The molecule has 0 radical (unpaired) electrons. The Labute approximate surface area is 149 Å². The van der Waals surface area contributed by atoms with Crippen LogP contribution in [0.2, 0.25) is 0 Å². The molecule has 0 aromatic heterocycles. The third-order valence-electron chi connectivity index (χ3n) is 3.75. The fourth-order valence-corrected chi connectivity index (χ4v) is 2.52. The van der Waals surface area contributed by atoms with Gasteiger partial charge in [0.05, 0.1) is 11.3 Å². The number of ether oxygens (including phenoxy) is 1. The summed E-state index contributed by atoms with van der Waals surface area (Å²) in [5.74, 6) is -1.10. The highest BCUT2D eigenvalue weighted by atomic mass is 16.5. The highest BCUT2D eigenvalue weighted by molar-refractivity contribution is 6.09. The molecule has 0 bridgehead atoms. The fraction of sp³-hybridized carbons (Fsp3) is 0.0500. The number of para-hydroxylation sites is 2. The number of carboxylic acids is 1. The first-order chi connectivity index (χ1) is 12.6. The molecule has 1 heterocycles. The molecule has 128 valence electrons. The van der Waals surface area contributed by atoms with Crippen LogP contribution in [0.5, 0.6) is 5.75 Å². The minimum Gasteiger partial charge on any atom is -0.488 e. The van der Waals surface area contributed by atoms with Gasteiger partial charge in [-0.2, -0.15) is 5.26 Å². The van der Waals surface area contributed by atoms with Crippen LogP contribution in [0.3, 0.4) is 0 Å². The molecule has 1 aliphatic rings. The van der Waals surface area contributed by atoms with Gasteiger partial charge in [-0.3, -0.25) is 4.79 Å². The Morgan fingerprint density at radius 3 is 2.65 bits per heavy atom. The van der Waals surface area contributed by atoms with Crippen molar-refractivity contribution in [1.82, 2.24) is 0 Å². The normalized spacial score (nSPS) is 12.9. The third-order valence-corrected chi connectivity index (χ3v) is 3.75. The number of nitrogens with zero attached hydrogens (tertiary/aromatic N) is 1. The van der Waals surface area contributed by atoms with E-state index >= 15 is 0 Å². The summed E-state index contributed by atoms with van der Waals surface area (Å²) in [6.45, 7) is 0.237. The second-order valence-corrected chi connectivity index (χ2v) is 5.52. The number of carbonyl (C=O) groups excluding carboxylic acids is 1. The van der Waals surface area contributed by atoms with Crippen molar-refractivity contribution in [2.24, 2.45) is 0 Å². The zero-order valence-electron chi connectivity index (χ0n) is 13.6. The number of hydrogen-bond donors (Lipinski definition) is 2. The molecule has 26 heavy (non-hydrogen) atoms. The van der Waals surface area contributed by atoms with Gasteiger partial charge in [-0.05, 0) is 35.9 Å². The van der Waals surface area contributed by atoms with E-state index in [0.717, 1.165) is 11.3 Å². The van der Waals surface area contributed by atoms with Gasteiger partial charge in [0.1, 0.15) is 24.0 Å². The number of amides is 1. The number of carboxylic acid groups (broad SMARTS) is 1. The number of anilines is 1. The molecule has 3 rings (SSSR count). The van der Waals surface area contributed by atoms with E-state index in [-0.39, 0.29) is 23.4 Å². The van der Waals surface area contributed by atoms with Crippen molar-refractivity contribution in [3.8, 4) is 11.8 Å². The van der Waals surface area contributed by atoms with Crippen molar-refractivity contribution in [3.63, 3.8) is 0 Å². The van der Waals surface area contributed by atoms with Crippen molar-refractivity contribution < 1.29 is 19.4 Å². The first kappa shape index (κ1) is 17.0. The summed E-state index contributed by atoms with van der Waals surface area (Å²) in [7, 11) is 0. The van der Waals surface area contributed by atoms with Crippen molar-refractivity contribution in [2.75, 3.05) is 11.9 Å². The Morgan fingerprint density at radius 1 is 1.15 bits per heavy atom. The maximum atomic E-state index is 12.4. The first-order valence-electron chi connectivity index (χ1n) is 7.76. The molecule has 0 atom stereocenters. The maximum absolute atomic E-state index is 12.4. The van der Waals surface area contributed by atoms with E-state index in [1.807, 2.05) is 36.4 Å². The Hall–Kier alpha value is -3.85. The molecular weight excluding hydrogens is 332 g/mol. The van der Waals surface area contributed by atoms with Crippen LogP contribution in [0.1, 0.15) is 15.9 Å². The molecule has 0 saturated carbocycles. The van der Waals surface area contributed by atoms with Crippen LogP contribution in [-0.4, -0.2) is 23.6 Å². The lowest BCUT2D eigenvalue weighted by atomic mass is 10.0. The quantitative estimate of drug-likeness (QED) is 0.654. The van der Waals surface area contributed by atoms with Gasteiger partial charge in [-0.25, -0.2) is 4.79 Å². The molecule has 1 aliphatic heterocycles. The predicted molar refractivity (Wildman–Crippen MR) is 95.6 cm³/mol. The van der Waals surface area contributed by atoms with E-state index in [2.05, 4.69) is 5.32 Å². The number of aromatic carboxylic acids is 1. The van der Waals surface area contributed by atoms with Crippen LogP contribution < -0.4 is 10.1 Å². The Bertz CT molecular complexity index is 983. The summed E-state index contributed by atoms with van der Waals surface area (Å²) in [5.41, 5.74) is 1.47. The van der Waals surface area contributed by atoms with Gasteiger partial charge >= 0.3 is 5.97 Å². The standard InChI is InChI=1S/C20H14N2O4/c21-11-15(10-13-9-14-5-1-4-8-18(14)26-12-13)19(23)22-17-7-3-2-6-16(17)20(24)25/h1-10H,12H2,(H,22,23)(H,24,25)/b15-10-. The van der Waals surface area contributed by atoms with Gasteiger partial charge in [-0.1, -0.05) is 30.3 Å². The summed E-state index contributed by atoms with van der Waals surface area (Å²) < 4.78 is 5.60. The molecule has 6 heteroatoms. The van der Waals surface area contributed by atoms with E-state index in [0.29, 0.717) is 5.57 Å². The van der Waals surface area contributed by atoms with E-state index < -0.39 is 11.9 Å². The zero-order chi connectivity index (χ0) is 18.5. The topological polar surface area (TPSA) is 99.4 Å². The van der Waals surface area contributed by atoms with Crippen LogP contribution in [0.25, 0.3) is 6.08 Å². The Morgan fingerprint density at radius 2 is 1.88 bits per heavy atom. The van der Waals surface area contributed by atoms with Crippen molar-refractivity contribution in [1.29, 1.82) is 5.26 Å². The molecule has 2 N–H and O–H groups in total. The van der Waals surface area contributed by atoms with Crippen LogP contribution in [0, 0.1) is 11.3 Å². The molecule has 2 aromatic carbocycles. The number of nitriles is 1. The summed E-state index contributed by atoms with van der Waals surface area (Å²) in [6, 6.07) is 15.3. The van der Waals surface area contributed by atoms with Crippen LogP contribution in [0.15, 0.2) is 65.8 Å². The molecule has 0 unspecified atom stereocenters. The molecule has 0 saturated heterocycles. The summed E-state index contributed by atoms with van der Waals surface area (Å²) in [4.78, 5) is 23.6. The summed E-state index contributed by atoms with van der Waals surface area (Å²) in [6.07, 6.45) is 3.28. The molecular formula is C20H14N2O4. The average Bonchev–Trinajstić information content (AvgIpc) is 2.66. The lowest BCUT2D eigenvalue weighted by molar-refractivity contribution is -0.112. The van der Waals surface area contributed by atoms with E-state index in [1.54, 1.807) is 12.1 Å². The van der Waals surface area contributed by atoms with E-state index in [4.69, 9.17) is 4.74 Å². The van der Waals surface area contributed by atoms with Gasteiger partial charge in [0.15, 0.2) is 0 Å².